The van der Waals surface area contributed by atoms with Gasteiger partial charge in [0.2, 0.25) is 0 Å². The second-order valence-electron chi connectivity index (χ2n) is 11.5. The maximum absolute atomic E-state index is 13.2. The Morgan fingerprint density at radius 1 is 0.808 bits per heavy atom. The van der Waals surface area contributed by atoms with Crippen molar-refractivity contribution in [1.29, 1.82) is 0 Å². The van der Waals surface area contributed by atoms with Gasteiger partial charge in [-0.1, -0.05) is 0 Å². The van der Waals surface area contributed by atoms with Crippen molar-refractivity contribution >= 4 is 5.78 Å². The van der Waals surface area contributed by atoms with Crippen LogP contribution >= 0.6 is 0 Å². The van der Waals surface area contributed by atoms with Crippen molar-refractivity contribution in [2.75, 3.05) is 0 Å². The molecule has 2 N–H and O–H groups in total. The molecule has 0 amide bonds. The number of hydrogen-bond donors (Lipinski definition) is 2. The summed E-state index contributed by atoms with van der Waals surface area (Å²) in [6.45, 7) is 0. The number of hydrogen-bond acceptors (Lipinski definition) is 3. The monoisotopic (exact) mass is 355 g/mol. The Bertz CT molecular complexity index is 616. The van der Waals surface area contributed by atoms with Crippen molar-refractivity contribution in [1.82, 2.24) is 5.32 Å². The Morgan fingerprint density at radius 3 is 1.88 bits per heavy atom. The van der Waals surface area contributed by atoms with E-state index in [0.29, 0.717) is 24.0 Å². The maximum atomic E-state index is 13.2. The van der Waals surface area contributed by atoms with E-state index in [9.17, 15) is 9.90 Å². The molecule has 0 radical (unpaired) electrons. The molecule has 142 valence electrons. The molecule has 8 bridgehead atoms. The van der Waals surface area contributed by atoms with Gasteiger partial charge in [-0.15, -0.1) is 0 Å². The molecular formula is C23H33NO2. The van der Waals surface area contributed by atoms with Crippen LogP contribution in [0.15, 0.2) is 12.3 Å². The molecular weight excluding hydrogens is 322 g/mol. The van der Waals surface area contributed by atoms with Crippen molar-refractivity contribution in [3.8, 4) is 0 Å². The number of carbonyl (C=O) groups excluding carboxylic acids is 1. The lowest BCUT2D eigenvalue weighted by atomic mass is 9.47. The van der Waals surface area contributed by atoms with Crippen LogP contribution in [-0.2, 0) is 4.79 Å². The topological polar surface area (TPSA) is 49.3 Å². The molecule has 0 saturated heterocycles. The fourth-order valence-electron chi connectivity index (χ4n) is 9.26. The molecule has 8 aliphatic carbocycles. The van der Waals surface area contributed by atoms with E-state index in [2.05, 4.69) is 5.32 Å². The molecule has 2 atom stereocenters. The molecule has 0 heterocycles. The highest BCUT2D eigenvalue weighted by Gasteiger charge is 2.59. The summed E-state index contributed by atoms with van der Waals surface area (Å²) >= 11 is 0. The lowest BCUT2D eigenvalue weighted by Crippen LogP contribution is -2.58. The van der Waals surface area contributed by atoms with Crippen LogP contribution in [0.25, 0.3) is 0 Å². The molecule has 8 saturated carbocycles. The van der Waals surface area contributed by atoms with Crippen LogP contribution in [0.4, 0.5) is 0 Å². The predicted molar refractivity (Wildman–Crippen MR) is 100 cm³/mol. The highest BCUT2D eigenvalue weighted by Crippen LogP contribution is 2.62. The third-order valence-electron chi connectivity index (χ3n) is 9.22. The minimum Gasteiger partial charge on any atom is -0.390 e. The van der Waals surface area contributed by atoms with E-state index in [1.807, 2.05) is 12.3 Å². The number of carbonyl (C=O) groups is 1. The zero-order chi connectivity index (χ0) is 17.6. The molecule has 0 aliphatic heterocycles. The highest BCUT2D eigenvalue weighted by molar-refractivity contribution is 5.95. The molecule has 0 aromatic rings. The summed E-state index contributed by atoms with van der Waals surface area (Å²) in [6, 6.07) is 0. The van der Waals surface area contributed by atoms with E-state index in [1.165, 1.54) is 44.9 Å². The fourth-order valence-corrected chi connectivity index (χ4v) is 9.26. The number of allylic oxidation sites excluding steroid dienone is 1. The first kappa shape index (κ1) is 16.2. The first-order chi connectivity index (χ1) is 12.4. The smallest absolute Gasteiger partial charge is 0.163 e. The molecule has 8 rings (SSSR count). The van der Waals surface area contributed by atoms with E-state index in [0.717, 1.165) is 43.4 Å². The van der Waals surface area contributed by atoms with E-state index in [-0.39, 0.29) is 11.0 Å². The standard InChI is InChI=1S/C23H33NO2/c25-20(21-7-18-6-19(8-21)13-23(26,12-18)14-21)1-2-24-22-9-15-3-16(10-22)5-17(4-15)11-22/h1-2,15-19,24,26H,3-14H2/b2-1+. The van der Waals surface area contributed by atoms with Crippen LogP contribution < -0.4 is 5.32 Å². The molecule has 8 aliphatic rings. The first-order valence-corrected chi connectivity index (χ1v) is 11.1. The van der Waals surface area contributed by atoms with E-state index >= 15 is 0 Å². The fraction of sp³-hybridized carbons (Fsp3) is 0.870. The van der Waals surface area contributed by atoms with Gasteiger partial charge in [-0.25, -0.2) is 0 Å². The molecule has 3 heteroatoms. The van der Waals surface area contributed by atoms with Gasteiger partial charge in [0.1, 0.15) is 0 Å². The largest absolute Gasteiger partial charge is 0.390 e. The van der Waals surface area contributed by atoms with Crippen LogP contribution in [0.2, 0.25) is 0 Å². The van der Waals surface area contributed by atoms with Crippen LogP contribution in [0.3, 0.4) is 0 Å². The quantitative estimate of drug-likeness (QED) is 0.751. The first-order valence-electron chi connectivity index (χ1n) is 11.1. The summed E-state index contributed by atoms with van der Waals surface area (Å²) in [5.41, 5.74) is -0.509. The molecule has 2 unspecified atom stereocenters. The zero-order valence-electron chi connectivity index (χ0n) is 15.9. The van der Waals surface area contributed by atoms with Crippen molar-refractivity contribution in [3.63, 3.8) is 0 Å². The molecule has 8 fully saturated rings. The number of ketones is 1. The average Bonchev–Trinajstić information content (AvgIpc) is 2.50. The van der Waals surface area contributed by atoms with Crippen LogP contribution in [0.5, 0.6) is 0 Å². The summed E-state index contributed by atoms with van der Waals surface area (Å²) in [5.74, 6) is 4.23. The molecule has 0 spiro atoms. The van der Waals surface area contributed by atoms with Crippen LogP contribution in [0.1, 0.15) is 77.0 Å². The Hall–Kier alpha value is -0.830. The molecule has 0 aromatic carbocycles. The predicted octanol–water partition coefficient (Wildman–Crippen LogP) is 3.96. The van der Waals surface area contributed by atoms with E-state index in [4.69, 9.17) is 0 Å². The van der Waals surface area contributed by atoms with Gasteiger partial charge in [0.05, 0.1) is 5.60 Å². The third-order valence-corrected chi connectivity index (χ3v) is 9.22. The Kier molecular flexibility index (Phi) is 3.20. The normalized spacial score (nSPS) is 56.4. The van der Waals surface area contributed by atoms with Gasteiger partial charge in [-0.3, -0.25) is 4.79 Å². The average molecular weight is 356 g/mol. The van der Waals surface area contributed by atoms with Crippen LogP contribution in [0, 0.1) is 35.0 Å². The number of nitrogens with one attached hydrogen (secondary N) is 1. The molecule has 0 aromatic heterocycles. The summed E-state index contributed by atoms with van der Waals surface area (Å²) < 4.78 is 0. The van der Waals surface area contributed by atoms with E-state index < -0.39 is 5.60 Å². The second-order valence-corrected chi connectivity index (χ2v) is 11.5. The zero-order valence-corrected chi connectivity index (χ0v) is 15.9. The van der Waals surface area contributed by atoms with Crippen LogP contribution in [-0.4, -0.2) is 22.0 Å². The number of aliphatic hydroxyl groups is 1. The lowest BCUT2D eigenvalue weighted by molar-refractivity contribution is -0.173. The Morgan fingerprint density at radius 2 is 1.35 bits per heavy atom. The lowest BCUT2D eigenvalue weighted by Gasteiger charge is -2.59. The summed E-state index contributed by atoms with van der Waals surface area (Å²) in [7, 11) is 0. The minimum absolute atomic E-state index is 0.252. The van der Waals surface area contributed by atoms with Crippen molar-refractivity contribution in [2.24, 2.45) is 35.0 Å². The van der Waals surface area contributed by atoms with Gasteiger partial charge < -0.3 is 10.4 Å². The minimum atomic E-state index is -0.541. The second kappa shape index (κ2) is 5.16. The summed E-state index contributed by atoms with van der Waals surface area (Å²) in [4.78, 5) is 13.2. The Balaban J connectivity index is 1.17. The van der Waals surface area contributed by atoms with Gasteiger partial charge in [-0.2, -0.15) is 0 Å². The van der Waals surface area contributed by atoms with Crippen molar-refractivity contribution in [3.05, 3.63) is 12.3 Å². The molecule has 3 nitrogen and oxygen atoms in total. The Labute approximate surface area is 157 Å². The van der Waals surface area contributed by atoms with Crippen molar-refractivity contribution < 1.29 is 9.90 Å². The van der Waals surface area contributed by atoms with E-state index in [1.54, 1.807) is 0 Å². The van der Waals surface area contributed by atoms with Gasteiger partial charge in [-0.05, 0) is 113 Å². The summed E-state index contributed by atoms with van der Waals surface area (Å²) in [6.07, 6.45) is 18.0. The van der Waals surface area contributed by atoms with Gasteiger partial charge in [0.15, 0.2) is 5.78 Å². The van der Waals surface area contributed by atoms with Gasteiger partial charge >= 0.3 is 0 Å². The maximum Gasteiger partial charge on any atom is 0.163 e. The SMILES string of the molecule is O=C(/C=C/NC12CC3CC(CC(C3)C1)C2)C12CC3CC(CC(O)(C3)C1)C2. The summed E-state index contributed by atoms with van der Waals surface area (Å²) in [5, 5.41) is 14.6. The third kappa shape index (κ3) is 2.38. The van der Waals surface area contributed by atoms with Gasteiger partial charge in [0.25, 0.3) is 0 Å². The highest BCUT2D eigenvalue weighted by atomic mass is 16.3. The van der Waals surface area contributed by atoms with Crippen molar-refractivity contribution in [2.45, 2.75) is 88.2 Å². The molecule has 26 heavy (non-hydrogen) atoms. The number of rotatable bonds is 4. The van der Waals surface area contributed by atoms with Gasteiger partial charge in [0, 0.05) is 17.2 Å².